The number of carbonyl (C=O) groups is 2. The van der Waals surface area contributed by atoms with Crippen molar-refractivity contribution in [3.63, 3.8) is 0 Å². The molecule has 1 heterocycles. The number of rotatable bonds is 8. The van der Waals surface area contributed by atoms with Crippen molar-refractivity contribution in [1.82, 2.24) is 5.32 Å². The van der Waals surface area contributed by atoms with Crippen LogP contribution in [0.2, 0.25) is 0 Å². The molecule has 2 aromatic carbocycles. The van der Waals surface area contributed by atoms with E-state index in [0.717, 1.165) is 23.8 Å². The monoisotopic (exact) mass is 408 g/mol. The first-order valence-corrected chi connectivity index (χ1v) is 9.68. The smallest absolute Gasteiger partial charge is 0.336 e. The quantitative estimate of drug-likeness (QED) is 0.572. The van der Waals surface area contributed by atoms with Crippen LogP contribution in [0.15, 0.2) is 63.8 Å². The largest absolute Gasteiger partial charge is 0.548 e. The van der Waals surface area contributed by atoms with Crippen molar-refractivity contribution >= 4 is 22.8 Å². The van der Waals surface area contributed by atoms with Crippen LogP contribution in [0.3, 0.4) is 0 Å². The lowest BCUT2D eigenvalue weighted by Crippen LogP contribution is -2.45. The summed E-state index contributed by atoms with van der Waals surface area (Å²) < 4.78 is 10.9. The third-order valence-electron chi connectivity index (χ3n) is 4.66. The maximum Gasteiger partial charge on any atom is 0.336 e. The molecule has 7 heteroatoms. The van der Waals surface area contributed by atoms with Crippen LogP contribution in [-0.4, -0.2) is 18.0 Å². The molecule has 0 fully saturated rings. The Morgan fingerprint density at radius 3 is 2.53 bits per heavy atom. The Balaban J connectivity index is 1.77. The van der Waals surface area contributed by atoms with Gasteiger partial charge in [0.05, 0.1) is 12.0 Å². The molecular formula is C23H22NO6-. The normalized spacial score (nSPS) is 12.9. The van der Waals surface area contributed by atoms with Crippen molar-refractivity contribution < 1.29 is 23.8 Å². The Bertz CT molecular complexity index is 1110. The summed E-state index contributed by atoms with van der Waals surface area (Å²) in [7, 11) is 0. The van der Waals surface area contributed by atoms with Gasteiger partial charge < -0.3 is 24.4 Å². The van der Waals surface area contributed by atoms with Crippen molar-refractivity contribution in [3.8, 4) is 5.75 Å². The van der Waals surface area contributed by atoms with Gasteiger partial charge in [-0.15, -0.1) is 0 Å². The number of nitrogens with one attached hydrogen (secondary N) is 1. The number of amides is 1. The maximum absolute atomic E-state index is 12.5. The molecule has 7 nitrogen and oxygen atoms in total. The van der Waals surface area contributed by atoms with Gasteiger partial charge in [-0.05, 0) is 36.6 Å². The highest BCUT2D eigenvalue weighted by molar-refractivity contribution is 5.86. The predicted octanol–water partition coefficient (Wildman–Crippen LogP) is 2.12. The van der Waals surface area contributed by atoms with E-state index in [4.69, 9.17) is 9.15 Å². The highest BCUT2D eigenvalue weighted by Gasteiger charge is 2.21. The SMILES string of the molecule is CCCc1cc(=O)oc2cc(O[C@H](C)C(=O)N[C@H](C(=O)[O-])c3ccccc3)ccc12. The molecule has 3 aromatic rings. The topological polar surface area (TPSA) is 109 Å². The Morgan fingerprint density at radius 1 is 1.13 bits per heavy atom. The molecule has 3 rings (SSSR count). The second-order valence-corrected chi connectivity index (χ2v) is 6.93. The minimum Gasteiger partial charge on any atom is -0.548 e. The second-order valence-electron chi connectivity index (χ2n) is 6.93. The summed E-state index contributed by atoms with van der Waals surface area (Å²) in [6.07, 6.45) is 0.638. The van der Waals surface area contributed by atoms with Gasteiger partial charge in [0.15, 0.2) is 6.10 Å². The van der Waals surface area contributed by atoms with E-state index in [2.05, 4.69) is 5.32 Å². The fraction of sp³-hybridized carbons (Fsp3) is 0.261. The lowest BCUT2D eigenvalue weighted by Gasteiger charge is -2.22. The number of carbonyl (C=O) groups excluding carboxylic acids is 2. The van der Waals surface area contributed by atoms with Crippen molar-refractivity contribution in [2.75, 3.05) is 0 Å². The Morgan fingerprint density at radius 2 is 1.87 bits per heavy atom. The molecule has 0 aliphatic heterocycles. The van der Waals surface area contributed by atoms with Gasteiger partial charge in [0.25, 0.3) is 5.91 Å². The number of fused-ring (bicyclic) bond motifs is 1. The van der Waals surface area contributed by atoms with Crippen LogP contribution >= 0.6 is 0 Å². The standard InChI is InChI=1S/C23H23NO6/c1-3-7-16-12-20(25)30-19-13-17(10-11-18(16)19)29-14(2)22(26)24-21(23(27)28)15-8-5-4-6-9-15/h4-6,8-14,21H,3,7H2,1-2H3,(H,24,26)(H,27,28)/p-1/t14-,21+/m1/s1. The van der Waals surface area contributed by atoms with Crippen LogP contribution in [0.4, 0.5) is 0 Å². The fourth-order valence-corrected chi connectivity index (χ4v) is 3.20. The number of hydrogen-bond donors (Lipinski definition) is 1. The van der Waals surface area contributed by atoms with Gasteiger partial charge in [0.1, 0.15) is 11.3 Å². The highest BCUT2D eigenvalue weighted by atomic mass is 16.5. The van der Waals surface area contributed by atoms with E-state index in [1.807, 2.05) is 6.92 Å². The number of ether oxygens (including phenoxy) is 1. The second kappa shape index (κ2) is 9.26. The lowest BCUT2D eigenvalue weighted by atomic mass is 10.1. The number of aryl methyl sites for hydroxylation is 1. The summed E-state index contributed by atoms with van der Waals surface area (Å²) in [4.78, 5) is 35.8. The van der Waals surface area contributed by atoms with Crippen molar-refractivity contribution in [2.45, 2.75) is 38.8 Å². The van der Waals surface area contributed by atoms with Gasteiger partial charge >= 0.3 is 5.63 Å². The molecule has 0 saturated carbocycles. The molecule has 0 spiro atoms. The molecule has 30 heavy (non-hydrogen) atoms. The summed E-state index contributed by atoms with van der Waals surface area (Å²) in [5.74, 6) is -1.71. The van der Waals surface area contributed by atoms with E-state index in [-0.39, 0.29) is 0 Å². The minimum absolute atomic E-state index is 0.326. The number of benzene rings is 2. The molecule has 1 aromatic heterocycles. The van der Waals surface area contributed by atoms with Gasteiger partial charge in [-0.25, -0.2) is 4.79 Å². The van der Waals surface area contributed by atoms with E-state index in [0.29, 0.717) is 16.9 Å². The van der Waals surface area contributed by atoms with E-state index >= 15 is 0 Å². The number of carboxylic acid groups (broad SMARTS) is 1. The Kier molecular flexibility index (Phi) is 6.51. The molecule has 0 aliphatic carbocycles. The molecular weight excluding hydrogens is 386 g/mol. The number of carboxylic acids is 1. The molecule has 0 saturated heterocycles. The lowest BCUT2D eigenvalue weighted by molar-refractivity contribution is -0.308. The van der Waals surface area contributed by atoms with Gasteiger partial charge in [-0.1, -0.05) is 43.7 Å². The van der Waals surface area contributed by atoms with Crippen LogP contribution in [-0.2, 0) is 16.0 Å². The number of aliphatic carboxylic acids is 1. The summed E-state index contributed by atoms with van der Waals surface area (Å²) in [6.45, 7) is 3.52. The third-order valence-corrected chi connectivity index (χ3v) is 4.66. The zero-order chi connectivity index (χ0) is 21.7. The molecule has 156 valence electrons. The van der Waals surface area contributed by atoms with Gasteiger partial charge in [-0.2, -0.15) is 0 Å². The molecule has 0 radical (unpaired) electrons. The first kappa shape index (κ1) is 21.1. The van der Waals surface area contributed by atoms with Crippen LogP contribution in [0.1, 0.15) is 37.4 Å². The molecule has 0 aliphatic rings. The molecule has 0 bridgehead atoms. The highest BCUT2D eigenvalue weighted by Crippen LogP contribution is 2.24. The first-order chi connectivity index (χ1) is 14.4. The zero-order valence-corrected chi connectivity index (χ0v) is 16.7. The maximum atomic E-state index is 12.5. The third kappa shape index (κ3) is 4.86. The van der Waals surface area contributed by atoms with E-state index < -0.39 is 29.6 Å². The molecule has 2 atom stereocenters. The Labute approximate surface area is 173 Å². The molecule has 0 unspecified atom stereocenters. The van der Waals surface area contributed by atoms with E-state index in [1.165, 1.54) is 13.0 Å². The average molecular weight is 408 g/mol. The summed E-state index contributed by atoms with van der Waals surface area (Å²) in [5.41, 5.74) is 1.20. The van der Waals surface area contributed by atoms with Crippen LogP contribution in [0.25, 0.3) is 11.0 Å². The minimum atomic E-state index is -1.42. The zero-order valence-electron chi connectivity index (χ0n) is 16.7. The average Bonchev–Trinajstić information content (AvgIpc) is 2.72. The van der Waals surface area contributed by atoms with Crippen molar-refractivity contribution in [1.29, 1.82) is 0 Å². The predicted molar refractivity (Wildman–Crippen MR) is 109 cm³/mol. The number of hydrogen-bond acceptors (Lipinski definition) is 6. The molecule has 1 amide bonds. The fourth-order valence-electron chi connectivity index (χ4n) is 3.20. The van der Waals surface area contributed by atoms with Gasteiger partial charge in [0, 0.05) is 17.5 Å². The summed E-state index contributed by atoms with van der Waals surface area (Å²) in [6, 6.07) is 13.5. The van der Waals surface area contributed by atoms with Gasteiger partial charge in [0.2, 0.25) is 0 Å². The first-order valence-electron chi connectivity index (χ1n) is 9.68. The summed E-state index contributed by atoms with van der Waals surface area (Å²) in [5, 5.41) is 14.7. The van der Waals surface area contributed by atoms with E-state index in [9.17, 15) is 19.5 Å². The van der Waals surface area contributed by atoms with Crippen molar-refractivity contribution in [3.05, 3.63) is 76.1 Å². The molecule has 1 N–H and O–H groups in total. The van der Waals surface area contributed by atoms with Gasteiger partial charge in [-0.3, -0.25) is 4.79 Å². The Hall–Kier alpha value is -3.61. The van der Waals surface area contributed by atoms with E-state index in [1.54, 1.807) is 48.5 Å². The summed E-state index contributed by atoms with van der Waals surface area (Å²) >= 11 is 0. The van der Waals surface area contributed by atoms with Crippen LogP contribution in [0, 0.1) is 0 Å². The van der Waals surface area contributed by atoms with Crippen molar-refractivity contribution in [2.24, 2.45) is 0 Å². The van der Waals surface area contributed by atoms with Crippen LogP contribution in [0.5, 0.6) is 5.75 Å². The van der Waals surface area contributed by atoms with Crippen LogP contribution < -0.4 is 20.8 Å².